The third-order valence-electron chi connectivity index (χ3n) is 4.65. The second-order valence-electron chi connectivity index (χ2n) is 7.44. The van der Waals surface area contributed by atoms with E-state index in [4.69, 9.17) is 23.7 Å². The van der Waals surface area contributed by atoms with E-state index in [0.717, 1.165) is 5.56 Å². The van der Waals surface area contributed by atoms with E-state index in [1.807, 2.05) is 12.1 Å². The molecule has 10 nitrogen and oxygen atoms in total. The van der Waals surface area contributed by atoms with Gasteiger partial charge in [0, 0.05) is 27.7 Å². The van der Waals surface area contributed by atoms with Gasteiger partial charge in [0.15, 0.2) is 12.2 Å². The molecule has 1 aromatic carbocycles. The molecule has 1 aliphatic rings. The van der Waals surface area contributed by atoms with E-state index in [2.05, 4.69) is 11.9 Å². The molecule has 1 aliphatic heterocycles. The third kappa shape index (κ3) is 7.60. The Bertz CT molecular complexity index is 884. The third-order valence-corrected chi connectivity index (χ3v) is 4.65. The lowest BCUT2D eigenvalue weighted by Gasteiger charge is -2.44. The van der Waals surface area contributed by atoms with Crippen LogP contribution in [0.5, 0.6) is 5.75 Å². The minimum atomic E-state index is -1.18. The molecule has 10 heteroatoms. The molecule has 2 rings (SSSR count). The maximum Gasteiger partial charge on any atom is 0.303 e. The first kappa shape index (κ1) is 25.9. The summed E-state index contributed by atoms with van der Waals surface area (Å²) in [4.78, 5) is 47.1. The summed E-state index contributed by atoms with van der Waals surface area (Å²) in [6, 6.07) is 6.11. The first-order valence-corrected chi connectivity index (χ1v) is 10.4. The van der Waals surface area contributed by atoms with Crippen molar-refractivity contribution in [3.05, 3.63) is 42.5 Å². The van der Waals surface area contributed by atoms with Gasteiger partial charge in [0.1, 0.15) is 24.5 Å². The number of para-hydroxylation sites is 1. The number of nitrogens with one attached hydrogen (secondary N) is 1. The van der Waals surface area contributed by atoms with Crippen molar-refractivity contribution in [2.75, 3.05) is 6.61 Å². The number of allylic oxidation sites excluding steroid dienone is 1. The van der Waals surface area contributed by atoms with Crippen LogP contribution in [0, 0.1) is 0 Å². The molecule has 1 saturated heterocycles. The van der Waals surface area contributed by atoms with Gasteiger partial charge in [0.2, 0.25) is 12.2 Å². The molecule has 0 radical (unpaired) electrons. The Morgan fingerprint density at radius 1 is 1.00 bits per heavy atom. The largest absolute Gasteiger partial charge is 0.463 e. The molecule has 0 aliphatic carbocycles. The Hall–Kier alpha value is -3.40. The van der Waals surface area contributed by atoms with Crippen molar-refractivity contribution >= 4 is 23.8 Å². The van der Waals surface area contributed by atoms with Gasteiger partial charge < -0.3 is 29.0 Å². The zero-order valence-corrected chi connectivity index (χ0v) is 19.1. The monoisotopic (exact) mass is 463 g/mol. The second kappa shape index (κ2) is 12.0. The van der Waals surface area contributed by atoms with Crippen LogP contribution < -0.4 is 10.1 Å². The predicted octanol–water partition coefficient (Wildman–Crippen LogP) is 1.45. The van der Waals surface area contributed by atoms with Crippen LogP contribution in [0.2, 0.25) is 0 Å². The van der Waals surface area contributed by atoms with Gasteiger partial charge in [-0.15, -0.1) is 6.58 Å². The molecule has 33 heavy (non-hydrogen) atoms. The highest BCUT2D eigenvalue weighted by Crippen LogP contribution is 2.30. The van der Waals surface area contributed by atoms with Crippen LogP contribution in [-0.4, -0.2) is 61.1 Å². The molecule has 1 N–H and O–H groups in total. The molecule has 1 heterocycles. The number of carbonyl (C=O) groups is 4. The Kier molecular flexibility index (Phi) is 9.41. The number of benzene rings is 1. The summed E-state index contributed by atoms with van der Waals surface area (Å²) in [5.41, 5.74) is 0.806. The van der Waals surface area contributed by atoms with Crippen molar-refractivity contribution in [1.29, 1.82) is 0 Å². The fourth-order valence-corrected chi connectivity index (χ4v) is 3.46. The number of amides is 1. The summed E-state index contributed by atoms with van der Waals surface area (Å²) in [6.07, 6.45) is -2.35. The van der Waals surface area contributed by atoms with E-state index in [1.54, 1.807) is 18.2 Å². The lowest BCUT2D eigenvalue weighted by Crippen LogP contribution is -2.67. The SMILES string of the molecule is C=CCc1ccccc1O[C@H]1O[C@@H](COC(C)=O)[C@@H](OC(C)=O)[C@@H](OC(C)=O)[C@@H]1NC(C)=O. The number of carbonyl (C=O) groups excluding carboxylic acids is 4. The fraction of sp³-hybridized carbons (Fsp3) is 0.478. The molecule has 1 aromatic rings. The van der Waals surface area contributed by atoms with E-state index in [0.29, 0.717) is 12.2 Å². The van der Waals surface area contributed by atoms with Crippen LogP contribution in [-0.2, 0) is 44.5 Å². The lowest BCUT2D eigenvalue weighted by molar-refractivity contribution is -0.257. The van der Waals surface area contributed by atoms with Gasteiger partial charge in [-0.1, -0.05) is 24.3 Å². The van der Waals surface area contributed by atoms with Crippen LogP contribution in [0.3, 0.4) is 0 Å². The minimum Gasteiger partial charge on any atom is -0.463 e. The maximum atomic E-state index is 12.0. The quantitative estimate of drug-likeness (QED) is 0.329. The zero-order valence-electron chi connectivity index (χ0n) is 19.1. The van der Waals surface area contributed by atoms with Gasteiger partial charge in [-0.05, 0) is 18.1 Å². The molecule has 1 amide bonds. The lowest BCUT2D eigenvalue weighted by atomic mass is 9.96. The van der Waals surface area contributed by atoms with Crippen molar-refractivity contribution < 1.29 is 42.9 Å². The molecule has 1 fully saturated rings. The summed E-state index contributed by atoms with van der Waals surface area (Å²) in [5, 5.41) is 2.66. The van der Waals surface area contributed by atoms with E-state index in [9.17, 15) is 19.2 Å². The number of hydrogen-bond donors (Lipinski definition) is 1. The molecule has 0 saturated carbocycles. The van der Waals surface area contributed by atoms with E-state index < -0.39 is 54.5 Å². The van der Waals surface area contributed by atoms with Gasteiger partial charge in [-0.2, -0.15) is 0 Å². The highest BCUT2D eigenvalue weighted by atomic mass is 16.7. The van der Waals surface area contributed by atoms with E-state index in [1.165, 1.54) is 27.7 Å². The van der Waals surface area contributed by atoms with Crippen LogP contribution >= 0.6 is 0 Å². The first-order valence-electron chi connectivity index (χ1n) is 10.4. The van der Waals surface area contributed by atoms with Crippen LogP contribution in [0.25, 0.3) is 0 Å². The predicted molar refractivity (Wildman–Crippen MR) is 115 cm³/mol. The van der Waals surface area contributed by atoms with Gasteiger partial charge in [0.25, 0.3) is 0 Å². The molecular weight excluding hydrogens is 434 g/mol. The number of rotatable bonds is 9. The molecule has 0 unspecified atom stereocenters. The van der Waals surface area contributed by atoms with E-state index in [-0.39, 0.29) is 6.61 Å². The van der Waals surface area contributed by atoms with Crippen LogP contribution in [0.15, 0.2) is 36.9 Å². The highest BCUT2D eigenvalue weighted by Gasteiger charge is 2.52. The first-order chi connectivity index (χ1) is 15.6. The van der Waals surface area contributed by atoms with Crippen molar-refractivity contribution in [3.8, 4) is 5.75 Å². The average molecular weight is 463 g/mol. The van der Waals surface area contributed by atoms with Crippen LogP contribution in [0.1, 0.15) is 33.3 Å². The molecule has 0 aromatic heterocycles. The standard InChI is InChI=1S/C23H29NO9/c1-6-9-17-10-7-8-11-18(17)32-23-20(24-13(2)25)22(31-16(5)28)21(30-15(4)27)19(33-23)12-29-14(3)26/h6-8,10-11,19-23H,1,9,12H2,2-5H3,(H,24,25)/t19-,20-,21+,22-,23-/m0/s1. The van der Waals surface area contributed by atoms with Gasteiger partial charge in [-0.25, -0.2) is 0 Å². The van der Waals surface area contributed by atoms with Gasteiger partial charge in [-0.3, -0.25) is 19.2 Å². The van der Waals surface area contributed by atoms with Crippen molar-refractivity contribution in [2.24, 2.45) is 0 Å². The number of hydrogen-bond acceptors (Lipinski definition) is 9. The van der Waals surface area contributed by atoms with Gasteiger partial charge >= 0.3 is 17.9 Å². The highest BCUT2D eigenvalue weighted by molar-refractivity contribution is 5.73. The summed E-state index contributed by atoms with van der Waals surface area (Å²) >= 11 is 0. The topological polar surface area (TPSA) is 126 Å². The summed E-state index contributed by atoms with van der Waals surface area (Å²) < 4.78 is 28.0. The molecule has 180 valence electrons. The maximum absolute atomic E-state index is 12.0. The smallest absolute Gasteiger partial charge is 0.303 e. The Labute approximate surface area is 192 Å². The van der Waals surface area contributed by atoms with Crippen molar-refractivity contribution in [2.45, 2.75) is 64.8 Å². The molecular formula is C23H29NO9. The van der Waals surface area contributed by atoms with Crippen molar-refractivity contribution in [3.63, 3.8) is 0 Å². The van der Waals surface area contributed by atoms with Crippen LogP contribution in [0.4, 0.5) is 0 Å². The number of ether oxygens (including phenoxy) is 5. The average Bonchev–Trinajstić information content (AvgIpc) is 2.71. The number of esters is 3. The molecule has 5 atom stereocenters. The minimum absolute atomic E-state index is 0.300. The normalized spacial score (nSPS) is 24.2. The second-order valence-corrected chi connectivity index (χ2v) is 7.44. The summed E-state index contributed by atoms with van der Waals surface area (Å²) in [6.45, 7) is 8.29. The molecule has 0 bridgehead atoms. The fourth-order valence-electron chi connectivity index (χ4n) is 3.46. The van der Waals surface area contributed by atoms with E-state index >= 15 is 0 Å². The Morgan fingerprint density at radius 3 is 2.21 bits per heavy atom. The Morgan fingerprint density at radius 2 is 1.64 bits per heavy atom. The summed E-state index contributed by atoms with van der Waals surface area (Å²) in [5.74, 6) is -1.93. The summed E-state index contributed by atoms with van der Waals surface area (Å²) in [7, 11) is 0. The van der Waals surface area contributed by atoms with Gasteiger partial charge in [0.05, 0.1) is 0 Å². The van der Waals surface area contributed by atoms with Crippen molar-refractivity contribution in [1.82, 2.24) is 5.32 Å². The molecule has 0 spiro atoms. The Balaban J connectivity index is 2.49. The zero-order chi connectivity index (χ0) is 24.5.